The lowest BCUT2D eigenvalue weighted by atomic mass is 10.1. The van der Waals surface area contributed by atoms with E-state index in [1.165, 1.54) is 0 Å². The maximum Gasteiger partial charge on any atom is 0.333 e. The Morgan fingerprint density at radius 2 is 2.10 bits per heavy atom. The van der Waals surface area contributed by atoms with Crippen molar-refractivity contribution >= 4 is 43.5 Å². The zero-order valence-electron chi connectivity index (χ0n) is 11.3. The summed E-state index contributed by atoms with van der Waals surface area (Å²) in [5, 5.41) is 3.18. The molecule has 2 rings (SSSR count). The van der Waals surface area contributed by atoms with Crippen LogP contribution in [0, 0.1) is 0 Å². The van der Waals surface area contributed by atoms with E-state index in [9.17, 15) is 4.79 Å². The quantitative estimate of drug-likeness (QED) is 0.741. The fourth-order valence-electron chi connectivity index (χ4n) is 1.84. The number of rotatable bonds is 5. The highest BCUT2D eigenvalue weighted by atomic mass is 79.9. The number of hydrogen-bond acceptors (Lipinski definition) is 4. The van der Waals surface area contributed by atoms with Gasteiger partial charge in [0.15, 0.2) is 6.04 Å². The summed E-state index contributed by atoms with van der Waals surface area (Å²) in [6.45, 7) is 2.12. The van der Waals surface area contributed by atoms with Crippen LogP contribution >= 0.6 is 31.9 Å². The molecule has 1 heterocycles. The molecule has 0 aliphatic carbocycles. The maximum absolute atomic E-state index is 12.2. The first-order valence-electron chi connectivity index (χ1n) is 6.39. The average molecular weight is 414 g/mol. The third kappa shape index (κ3) is 4.54. The third-order valence-electron chi connectivity index (χ3n) is 2.72. The Kier molecular flexibility index (Phi) is 5.76. The van der Waals surface area contributed by atoms with Gasteiger partial charge in [0, 0.05) is 32.6 Å². The zero-order chi connectivity index (χ0) is 15.2. The van der Waals surface area contributed by atoms with Crippen LogP contribution in [0.4, 0.5) is 5.69 Å². The van der Waals surface area contributed by atoms with E-state index >= 15 is 0 Å². The van der Waals surface area contributed by atoms with E-state index in [1.807, 2.05) is 30.3 Å². The molecular weight excluding hydrogens is 400 g/mol. The molecule has 1 atom stereocenters. The van der Waals surface area contributed by atoms with Gasteiger partial charge < -0.3 is 10.1 Å². The average Bonchev–Trinajstić information content (AvgIpc) is 2.45. The molecule has 6 heteroatoms. The van der Waals surface area contributed by atoms with E-state index < -0.39 is 6.04 Å². The summed E-state index contributed by atoms with van der Waals surface area (Å²) >= 11 is 6.78. The summed E-state index contributed by atoms with van der Waals surface area (Å²) in [5.41, 5.74) is 1.56. The van der Waals surface area contributed by atoms with E-state index in [0.717, 1.165) is 20.2 Å². The van der Waals surface area contributed by atoms with Gasteiger partial charge in [0.1, 0.15) is 0 Å². The number of benzene rings is 1. The van der Waals surface area contributed by atoms with Crippen molar-refractivity contribution in [2.24, 2.45) is 0 Å². The number of ether oxygens (including phenoxy) is 1. The van der Waals surface area contributed by atoms with Crippen LogP contribution in [0.1, 0.15) is 18.5 Å². The smallest absolute Gasteiger partial charge is 0.333 e. The monoisotopic (exact) mass is 412 g/mol. The Morgan fingerprint density at radius 3 is 2.76 bits per heavy atom. The van der Waals surface area contributed by atoms with Crippen molar-refractivity contribution in [3.8, 4) is 0 Å². The van der Waals surface area contributed by atoms with Gasteiger partial charge in [0.2, 0.25) is 0 Å². The Hall–Kier alpha value is -1.40. The van der Waals surface area contributed by atoms with E-state index in [1.54, 1.807) is 19.3 Å². The van der Waals surface area contributed by atoms with Crippen LogP contribution in [0.15, 0.2) is 51.7 Å². The highest BCUT2D eigenvalue weighted by Gasteiger charge is 2.22. The van der Waals surface area contributed by atoms with Crippen LogP contribution in [-0.2, 0) is 9.53 Å². The summed E-state index contributed by atoms with van der Waals surface area (Å²) in [7, 11) is 0. The molecule has 0 spiro atoms. The number of aromatic nitrogens is 1. The normalized spacial score (nSPS) is 11.8. The predicted octanol–water partition coefficient (Wildman–Crippen LogP) is 4.32. The number of esters is 1. The third-order valence-corrected chi connectivity index (χ3v) is 3.64. The van der Waals surface area contributed by atoms with Crippen LogP contribution in [-0.4, -0.2) is 17.6 Å². The minimum atomic E-state index is -0.607. The molecular formula is C15H14Br2N2O2. The van der Waals surface area contributed by atoms with Gasteiger partial charge in [0.05, 0.1) is 6.61 Å². The lowest BCUT2D eigenvalue weighted by Crippen LogP contribution is -2.23. The number of carbonyl (C=O) groups excluding carboxylic acids is 1. The molecule has 0 bridgehead atoms. The van der Waals surface area contributed by atoms with Crippen molar-refractivity contribution in [1.29, 1.82) is 0 Å². The van der Waals surface area contributed by atoms with E-state index in [2.05, 4.69) is 42.2 Å². The maximum atomic E-state index is 12.2. The minimum Gasteiger partial charge on any atom is -0.464 e. The lowest BCUT2D eigenvalue weighted by Gasteiger charge is -2.19. The first-order chi connectivity index (χ1) is 10.1. The summed E-state index contributed by atoms with van der Waals surface area (Å²) in [4.78, 5) is 16.3. The molecule has 0 radical (unpaired) electrons. The number of halogens is 2. The van der Waals surface area contributed by atoms with Crippen LogP contribution in [0.2, 0.25) is 0 Å². The van der Waals surface area contributed by atoms with E-state index in [4.69, 9.17) is 4.74 Å². The topological polar surface area (TPSA) is 51.2 Å². The van der Waals surface area contributed by atoms with Crippen molar-refractivity contribution < 1.29 is 9.53 Å². The molecule has 0 saturated carbocycles. The highest BCUT2D eigenvalue weighted by molar-refractivity contribution is 9.10. The highest BCUT2D eigenvalue weighted by Crippen LogP contribution is 2.24. The number of hydrogen-bond donors (Lipinski definition) is 1. The zero-order valence-corrected chi connectivity index (χ0v) is 14.5. The molecule has 1 aromatic heterocycles. The predicted molar refractivity (Wildman–Crippen MR) is 89.1 cm³/mol. The SMILES string of the molecule is CCOC(=O)C(Nc1cccc(Br)c1)c1cncc(Br)c1. The van der Waals surface area contributed by atoms with Crippen molar-refractivity contribution in [3.63, 3.8) is 0 Å². The fraction of sp³-hybridized carbons (Fsp3) is 0.200. The largest absolute Gasteiger partial charge is 0.464 e. The molecule has 1 aromatic carbocycles. The Balaban J connectivity index is 2.30. The second-order valence-electron chi connectivity index (χ2n) is 4.28. The first-order valence-corrected chi connectivity index (χ1v) is 7.98. The van der Waals surface area contributed by atoms with E-state index in [0.29, 0.717) is 6.61 Å². The molecule has 0 aliphatic heterocycles. The molecule has 0 saturated heterocycles. The van der Waals surface area contributed by atoms with Gasteiger partial charge in [-0.1, -0.05) is 22.0 Å². The summed E-state index contributed by atoms with van der Waals surface area (Å²) < 4.78 is 6.89. The molecule has 0 aliphatic rings. The second-order valence-corrected chi connectivity index (χ2v) is 6.11. The summed E-state index contributed by atoms with van der Waals surface area (Å²) in [6, 6.07) is 8.85. The molecule has 0 amide bonds. The molecule has 0 fully saturated rings. The van der Waals surface area contributed by atoms with Gasteiger partial charge in [-0.25, -0.2) is 4.79 Å². The minimum absolute atomic E-state index is 0.330. The van der Waals surface area contributed by atoms with Gasteiger partial charge in [-0.2, -0.15) is 0 Å². The molecule has 21 heavy (non-hydrogen) atoms. The lowest BCUT2D eigenvalue weighted by molar-refractivity contribution is -0.144. The standard InChI is InChI=1S/C15H14Br2N2O2/c1-2-21-15(20)14(10-6-12(17)9-18-8-10)19-13-5-3-4-11(16)7-13/h3-9,14,19H,2H2,1H3. The first kappa shape index (κ1) is 16.0. The number of nitrogens with zero attached hydrogens (tertiary/aromatic N) is 1. The summed E-state index contributed by atoms with van der Waals surface area (Å²) in [5.74, 6) is -0.336. The fourth-order valence-corrected chi connectivity index (χ4v) is 2.62. The van der Waals surface area contributed by atoms with Crippen molar-refractivity contribution in [3.05, 3.63) is 57.2 Å². The summed E-state index contributed by atoms with van der Waals surface area (Å²) in [6.07, 6.45) is 3.32. The Morgan fingerprint density at radius 1 is 1.29 bits per heavy atom. The molecule has 1 unspecified atom stereocenters. The van der Waals surface area contributed by atoms with E-state index in [-0.39, 0.29) is 5.97 Å². The van der Waals surface area contributed by atoms with Gasteiger partial charge in [-0.15, -0.1) is 0 Å². The van der Waals surface area contributed by atoms with Crippen LogP contribution in [0.3, 0.4) is 0 Å². The van der Waals surface area contributed by atoms with Gasteiger partial charge in [0.25, 0.3) is 0 Å². The molecule has 110 valence electrons. The number of anilines is 1. The van der Waals surface area contributed by atoms with Crippen molar-refractivity contribution in [1.82, 2.24) is 4.98 Å². The second kappa shape index (κ2) is 7.56. The Bertz CT molecular complexity index is 635. The molecule has 1 N–H and O–H groups in total. The van der Waals surface area contributed by atoms with Gasteiger partial charge in [-0.3, -0.25) is 4.98 Å². The number of nitrogens with one attached hydrogen (secondary N) is 1. The van der Waals surface area contributed by atoms with Crippen molar-refractivity contribution in [2.45, 2.75) is 13.0 Å². The van der Waals surface area contributed by atoms with Gasteiger partial charge >= 0.3 is 5.97 Å². The van der Waals surface area contributed by atoms with Crippen LogP contribution in [0.25, 0.3) is 0 Å². The molecule has 4 nitrogen and oxygen atoms in total. The van der Waals surface area contributed by atoms with Crippen LogP contribution in [0.5, 0.6) is 0 Å². The van der Waals surface area contributed by atoms with Crippen molar-refractivity contribution in [2.75, 3.05) is 11.9 Å². The molecule has 2 aromatic rings. The van der Waals surface area contributed by atoms with Crippen LogP contribution < -0.4 is 5.32 Å². The van der Waals surface area contributed by atoms with Gasteiger partial charge in [-0.05, 0) is 47.1 Å². The Labute approximate surface area is 140 Å². The number of pyridine rings is 1. The number of carbonyl (C=O) groups is 1.